The van der Waals surface area contributed by atoms with Crippen molar-refractivity contribution in [2.45, 2.75) is 32.6 Å². The summed E-state index contributed by atoms with van der Waals surface area (Å²) in [5.74, 6) is -0.101. The van der Waals surface area contributed by atoms with E-state index in [2.05, 4.69) is 5.01 Å². The van der Waals surface area contributed by atoms with E-state index >= 15 is 0 Å². The van der Waals surface area contributed by atoms with Gasteiger partial charge in [0, 0.05) is 25.4 Å². The van der Waals surface area contributed by atoms with E-state index in [9.17, 15) is 9.90 Å². The smallest absolute Gasteiger partial charge is 0.223 e. The van der Waals surface area contributed by atoms with Gasteiger partial charge >= 0.3 is 0 Å². The number of piperidine rings is 1. The Morgan fingerprint density at radius 2 is 2.00 bits per heavy atom. The number of hydrogen-bond donors (Lipinski definition) is 1. The molecule has 1 aromatic rings. The molecule has 4 heteroatoms. The van der Waals surface area contributed by atoms with Gasteiger partial charge in [-0.2, -0.15) is 0 Å². The lowest BCUT2D eigenvalue weighted by Gasteiger charge is -2.32. The second kappa shape index (κ2) is 4.60. The average molecular weight is 222 g/mol. The van der Waals surface area contributed by atoms with Crippen LogP contribution < -0.4 is 10.4 Å². The molecule has 1 fully saturated rings. The fourth-order valence-corrected chi connectivity index (χ4v) is 2.25. The summed E-state index contributed by atoms with van der Waals surface area (Å²) < 4.78 is 1.94. The molecule has 0 saturated carbocycles. The highest BCUT2D eigenvalue weighted by atomic mass is 16.3. The minimum atomic E-state index is -0.287. The molecule has 2 heterocycles. The number of pyridine rings is 1. The molecule has 88 valence electrons. The van der Waals surface area contributed by atoms with E-state index < -0.39 is 0 Å². The summed E-state index contributed by atoms with van der Waals surface area (Å²) in [6.45, 7) is 3.94. The standard InChI is InChI=1S/C12H18N2O2/c1-2-10-12(16)11(15)6-9-14(10)13-7-4-3-5-8-13/h6,9,16H,2-5,7-8H2,1H3. The second-order valence-electron chi connectivity index (χ2n) is 4.19. The minimum absolute atomic E-state index is 0.101. The summed E-state index contributed by atoms with van der Waals surface area (Å²) in [6.07, 6.45) is 6.06. The molecule has 4 nitrogen and oxygen atoms in total. The molecule has 2 rings (SSSR count). The van der Waals surface area contributed by atoms with Gasteiger partial charge in [0.2, 0.25) is 5.43 Å². The van der Waals surface area contributed by atoms with E-state index in [1.54, 1.807) is 6.20 Å². The van der Waals surface area contributed by atoms with E-state index in [0.717, 1.165) is 18.8 Å². The molecule has 0 aromatic carbocycles. The first-order chi connectivity index (χ1) is 7.74. The lowest BCUT2D eigenvalue weighted by molar-refractivity contribution is 0.426. The molecule has 0 unspecified atom stereocenters. The Bertz CT molecular complexity index is 420. The highest BCUT2D eigenvalue weighted by Crippen LogP contribution is 2.15. The van der Waals surface area contributed by atoms with Crippen molar-refractivity contribution in [3.05, 3.63) is 28.2 Å². The quantitative estimate of drug-likeness (QED) is 0.818. The Labute approximate surface area is 95.1 Å². The van der Waals surface area contributed by atoms with Crippen LogP contribution in [-0.4, -0.2) is 22.9 Å². The number of hydrogen-bond acceptors (Lipinski definition) is 3. The van der Waals surface area contributed by atoms with Crippen LogP contribution in [0.25, 0.3) is 0 Å². The van der Waals surface area contributed by atoms with Gasteiger partial charge in [-0.25, -0.2) is 0 Å². The molecule has 16 heavy (non-hydrogen) atoms. The lowest BCUT2D eigenvalue weighted by atomic mass is 10.1. The van der Waals surface area contributed by atoms with Crippen LogP contribution in [0.1, 0.15) is 31.9 Å². The van der Waals surface area contributed by atoms with Crippen molar-refractivity contribution >= 4 is 0 Å². The van der Waals surface area contributed by atoms with Gasteiger partial charge in [0.05, 0.1) is 5.69 Å². The summed E-state index contributed by atoms with van der Waals surface area (Å²) in [7, 11) is 0. The summed E-state index contributed by atoms with van der Waals surface area (Å²) >= 11 is 0. The Morgan fingerprint density at radius 3 is 2.62 bits per heavy atom. The molecule has 1 aromatic heterocycles. The number of aromatic hydroxyl groups is 1. The fraction of sp³-hybridized carbons (Fsp3) is 0.583. The molecular formula is C12H18N2O2. The Kier molecular flexibility index (Phi) is 3.17. The summed E-state index contributed by atoms with van der Waals surface area (Å²) in [5, 5.41) is 11.9. The van der Waals surface area contributed by atoms with E-state index in [4.69, 9.17) is 0 Å². The van der Waals surface area contributed by atoms with Crippen LogP contribution in [0.2, 0.25) is 0 Å². The van der Waals surface area contributed by atoms with Crippen LogP contribution in [0.15, 0.2) is 17.1 Å². The second-order valence-corrected chi connectivity index (χ2v) is 4.19. The van der Waals surface area contributed by atoms with Crippen LogP contribution in [0.4, 0.5) is 0 Å². The molecular weight excluding hydrogens is 204 g/mol. The van der Waals surface area contributed by atoms with Gasteiger partial charge in [-0.3, -0.25) is 9.47 Å². The third kappa shape index (κ3) is 1.92. The molecule has 0 spiro atoms. The Balaban J connectivity index is 2.39. The van der Waals surface area contributed by atoms with Crippen molar-refractivity contribution in [1.29, 1.82) is 0 Å². The largest absolute Gasteiger partial charge is 0.503 e. The third-order valence-electron chi connectivity index (χ3n) is 3.12. The van der Waals surface area contributed by atoms with E-state index in [0.29, 0.717) is 6.42 Å². The van der Waals surface area contributed by atoms with E-state index in [-0.39, 0.29) is 11.2 Å². The van der Waals surface area contributed by atoms with Gasteiger partial charge in [0.25, 0.3) is 0 Å². The molecule has 0 aliphatic carbocycles. The molecule has 1 aliphatic heterocycles. The molecule has 0 atom stereocenters. The average Bonchev–Trinajstić information content (AvgIpc) is 2.33. The number of nitrogens with zero attached hydrogens (tertiary/aromatic N) is 2. The first-order valence-electron chi connectivity index (χ1n) is 5.92. The molecule has 1 saturated heterocycles. The summed E-state index contributed by atoms with van der Waals surface area (Å²) in [5.41, 5.74) is 0.430. The third-order valence-corrected chi connectivity index (χ3v) is 3.12. The highest BCUT2D eigenvalue weighted by Gasteiger charge is 2.15. The van der Waals surface area contributed by atoms with Gasteiger partial charge in [-0.15, -0.1) is 0 Å². The van der Waals surface area contributed by atoms with Crippen LogP contribution in [0.3, 0.4) is 0 Å². The van der Waals surface area contributed by atoms with Crippen molar-refractivity contribution in [1.82, 2.24) is 4.68 Å². The van der Waals surface area contributed by atoms with Gasteiger partial charge in [-0.05, 0) is 25.7 Å². The monoisotopic (exact) mass is 222 g/mol. The van der Waals surface area contributed by atoms with Crippen molar-refractivity contribution in [3.8, 4) is 5.75 Å². The fourth-order valence-electron chi connectivity index (χ4n) is 2.25. The molecule has 1 N–H and O–H groups in total. The first kappa shape index (κ1) is 11.0. The topological polar surface area (TPSA) is 45.5 Å². The predicted molar refractivity (Wildman–Crippen MR) is 63.5 cm³/mol. The highest BCUT2D eigenvalue weighted by molar-refractivity contribution is 5.28. The SMILES string of the molecule is CCc1c(O)c(=O)ccn1N1CCCCC1. The van der Waals surface area contributed by atoms with E-state index in [1.807, 2.05) is 11.6 Å². The number of aromatic nitrogens is 1. The lowest BCUT2D eigenvalue weighted by Crippen LogP contribution is -2.40. The molecule has 0 radical (unpaired) electrons. The maximum Gasteiger partial charge on any atom is 0.223 e. The number of rotatable bonds is 2. The summed E-state index contributed by atoms with van der Waals surface area (Å²) in [4.78, 5) is 11.4. The summed E-state index contributed by atoms with van der Waals surface area (Å²) in [6, 6.07) is 1.43. The maximum atomic E-state index is 11.4. The molecule has 1 aliphatic rings. The predicted octanol–water partition coefficient (Wildman–Crippen LogP) is 1.24. The van der Waals surface area contributed by atoms with Gasteiger partial charge in [0.15, 0.2) is 5.75 Å². The van der Waals surface area contributed by atoms with Gasteiger partial charge < -0.3 is 10.1 Å². The normalized spacial score (nSPS) is 16.4. The van der Waals surface area contributed by atoms with Crippen molar-refractivity contribution in [2.75, 3.05) is 18.1 Å². The molecule has 0 amide bonds. The molecule has 0 bridgehead atoms. The van der Waals surface area contributed by atoms with Gasteiger partial charge in [-0.1, -0.05) is 6.92 Å². The van der Waals surface area contributed by atoms with Crippen LogP contribution in [-0.2, 0) is 6.42 Å². The van der Waals surface area contributed by atoms with Gasteiger partial charge in [0.1, 0.15) is 0 Å². The van der Waals surface area contributed by atoms with Crippen LogP contribution in [0, 0.1) is 0 Å². The first-order valence-corrected chi connectivity index (χ1v) is 5.92. The zero-order valence-electron chi connectivity index (χ0n) is 9.65. The van der Waals surface area contributed by atoms with Crippen LogP contribution in [0.5, 0.6) is 5.75 Å². The maximum absolute atomic E-state index is 11.4. The van der Waals surface area contributed by atoms with E-state index in [1.165, 1.54) is 25.3 Å². The zero-order chi connectivity index (χ0) is 11.5. The minimum Gasteiger partial charge on any atom is -0.503 e. The Hall–Kier alpha value is -1.45. The van der Waals surface area contributed by atoms with Crippen LogP contribution >= 0.6 is 0 Å². The zero-order valence-corrected chi connectivity index (χ0v) is 9.65. The van der Waals surface area contributed by atoms with Crippen molar-refractivity contribution in [3.63, 3.8) is 0 Å². The Morgan fingerprint density at radius 1 is 1.31 bits per heavy atom. The van der Waals surface area contributed by atoms with Crippen molar-refractivity contribution < 1.29 is 5.11 Å². The van der Waals surface area contributed by atoms with Crippen molar-refractivity contribution in [2.24, 2.45) is 0 Å².